The number of aliphatic hydroxyl groups is 1. The van der Waals surface area contributed by atoms with Crippen molar-refractivity contribution in [1.82, 2.24) is 4.98 Å². The van der Waals surface area contributed by atoms with E-state index in [-0.39, 0.29) is 12.0 Å². The third-order valence-electron chi connectivity index (χ3n) is 3.04. The topological polar surface area (TPSA) is 33.1 Å². The van der Waals surface area contributed by atoms with Gasteiger partial charge in [-0.3, -0.25) is 4.98 Å². The molecule has 1 N–H and O–H groups in total. The van der Waals surface area contributed by atoms with E-state index in [1.54, 1.807) is 12.3 Å². The molecule has 1 aromatic carbocycles. The number of halogens is 2. The highest BCUT2D eigenvalue weighted by molar-refractivity contribution is 5.25. The summed E-state index contributed by atoms with van der Waals surface area (Å²) in [6.07, 6.45) is 1.38. The molecule has 4 heteroatoms. The van der Waals surface area contributed by atoms with Gasteiger partial charge in [0.1, 0.15) is 17.7 Å². The van der Waals surface area contributed by atoms with Crippen molar-refractivity contribution in [2.75, 3.05) is 0 Å². The van der Waals surface area contributed by atoms with Crippen LogP contribution in [0.2, 0.25) is 0 Å². The van der Waals surface area contributed by atoms with Crippen LogP contribution in [0, 0.1) is 11.6 Å². The van der Waals surface area contributed by atoms with E-state index in [0.717, 1.165) is 30.2 Å². The molecule has 0 spiro atoms. The molecule has 0 amide bonds. The lowest BCUT2D eigenvalue weighted by Crippen LogP contribution is -2.08. The number of hydrogen-bond acceptors (Lipinski definition) is 2. The maximum atomic E-state index is 13.5. The molecule has 19 heavy (non-hydrogen) atoms. The first-order valence-electron chi connectivity index (χ1n) is 6.17. The molecule has 1 heterocycles. The number of rotatable bonds is 4. The second kappa shape index (κ2) is 5.89. The first-order chi connectivity index (χ1) is 9.11. The van der Waals surface area contributed by atoms with Crippen LogP contribution >= 0.6 is 0 Å². The third kappa shape index (κ3) is 3.15. The Morgan fingerprint density at radius 2 is 2.00 bits per heavy atom. The molecular weight excluding hydrogens is 248 g/mol. The van der Waals surface area contributed by atoms with Gasteiger partial charge in [-0.05, 0) is 41.8 Å². The predicted molar refractivity (Wildman–Crippen MR) is 68.6 cm³/mol. The van der Waals surface area contributed by atoms with Crippen molar-refractivity contribution in [1.29, 1.82) is 0 Å². The molecule has 0 fully saturated rings. The molecule has 0 bridgehead atoms. The number of benzene rings is 1. The predicted octanol–water partition coefficient (Wildman–Crippen LogP) is 3.20. The van der Waals surface area contributed by atoms with Gasteiger partial charge < -0.3 is 5.11 Å². The standard InChI is InChI=1S/C15H15F2NO/c1-2-10-4-3-7-18-15(10)14(19)9-11-8-12(16)5-6-13(11)17/h3-8,14,19H,2,9H2,1H3. The van der Waals surface area contributed by atoms with Gasteiger partial charge in [0, 0.05) is 12.6 Å². The normalized spacial score (nSPS) is 12.4. The maximum absolute atomic E-state index is 13.5. The van der Waals surface area contributed by atoms with Crippen LogP contribution in [-0.2, 0) is 12.8 Å². The summed E-state index contributed by atoms with van der Waals surface area (Å²) >= 11 is 0. The molecule has 2 aromatic rings. The molecule has 0 radical (unpaired) electrons. The van der Waals surface area contributed by atoms with E-state index in [9.17, 15) is 13.9 Å². The molecule has 1 unspecified atom stereocenters. The van der Waals surface area contributed by atoms with Crippen LogP contribution in [0.15, 0.2) is 36.5 Å². The Labute approximate surface area is 110 Å². The van der Waals surface area contributed by atoms with Gasteiger partial charge in [0.05, 0.1) is 5.69 Å². The lowest BCUT2D eigenvalue weighted by atomic mass is 10.0. The van der Waals surface area contributed by atoms with Crippen LogP contribution in [0.1, 0.15) is 29.8 Å². The highest BCUT2D eigenvalue weighted by Crippen LogP contribution is 2.22. The van der Waals surface area contributed by atoms with E-state index >= 15 is 0 Å². The summed E-state index contributed by atoms with van der Waals surface area (Å²) in [4.78, 5) is 4.13. The number of nitrogens with zero attached hydrogens (tertiary/aromatic N) is 1. The minimum Gasteiger partial charge on any atom is -0.386 e. The van der Waals surface area contributed by atoms with Crippen LogP contribution < -0.4 is 0 Å². The van der Waals surface area contributed by atoms with E-state index in [0.29, 0.717) is 5.69 Å². The fraction of sp³-hybridized carbons (Fsp3) is 0.267. The molecule has 0 aliphatic carbocycles. The molecule has 0 saturated carbocycles. The molecule has 1 atom stereocenters. The van der Waals surface area contributed by atoms with Crippen LogP contribution in [0.5, 0.6) is 0 Å². The molecule has 0 saturated heterocycles. The van der Waals surface area contributed by atoms with Crippen LogP contribution in [-0.4, -0.2) is 10.1 Å². The first kappa shape index (κ1) is 13.6. The Balaban J connectivity index is 2.25. The average Bonchev–Trinajstić information content (AvgIpc) is 2.42. The van der Waals surface area contributed by atoms with Crippen LogP contribution in [0.25, 0.3) is 0 Å². The number of hydrogen-bond donors (Lipinski definition) is 1. The third-order valence-corrected chi connectivity index (χ3v) is 3.04. The second-order valence-corrected chi connectivity index (χ2v) is 4.36. The molecule has 2 nitrogen and oxygen atoms in total. The highest BCUT2D eigenvalue weighted by Gasteiger charge is 2.16. The van der Waals surface area contributed by atoms with E-state index in [1.807, 2.05) is 13.0 Å². The number of aromatic nitrogens is 1. The average molecular weight is 263 g/mol. The maximum Gasteiger partial charge on any atom is 0.126 e. The molecule has 2 rings (SSSR count). The zero-order chi connectivity index (χ0) is 13.8. The summed E-state index contributed by atoms with van der Waals surface area (Å²) in [6.45, 7) is 1.95. The minimum absolute atomic E-state index is 0.00755. The second-order valence-electron chi connectivity index (χ2n) is 4.36. The Kier molecular flexibility index (Phi) is 4.22. The van der Waals surface area contributed by atoms with Gasteiger partial charge in [0.15, 0.2) is 0 Å². The van der Waals surface area contributed by atoms with E-state index in [1.165, 1.54) is 0 Å². The number of aliphatic hydroxyl groups excluding tert-OH is 1. The molecule has 0 aliphatic rings. The van der Waals surface area contributed by atoms with E-state index < -0.39 is 17.7 Å². The fourth-order valence-electron chi connectivity index (χ4n) is 2.05. The van der Waals surface area contributed by atoms with Gasteiger partial charge in [0.25, 0.3) is 0 Å². The van der Waals surface area contributed by atoms with Crippen molar-refractivity contribution in [2.24, 2.45) is 0 Å². The summed E-state index contributed by atoms with van der Waals surface area (Å²) in [7, 11) is 0. The fourth-order valence-corrected chi connectivity index (χ4v) is 2.05. The smallest absolute Gasteiger partial charge is 0.126 e. The summed E-state index contributed by atoms with van der Waals surface area (Å²) in [5.41, 5.74) is 1.58. The minimum atomic E-state index is -0.938. The van der Waals surface area contributed by atoms with Crippen molar-refractivity contribution < 1.29 is 13.9 Å². The molecule has 0 aliphatic heterocycles. The Morgan fingerprint density at radius 1 is 1.21 bits per heavy atom. The zero-order valence-corrected chi connectivity index (χ0v) is 10.6. The number of pyridine rings is 1. The van der Waals surface area contributed by atoms with Crippen molar-refractivity contribution >= 4 is 0 Å². The lowest BCUT2D eigenvalue weighted by Gasteiger charge is -2.14. The summed E-state index contributed by atoms with van der Waals surface area (Å²) in [6, 6.07) is 6.89. The Hall–Kier alpha value is -1.81. The summed E-state index contributed by atoms with van der Waals surface area (Å²) in [5.74, 6) is -1.03. The molecule has 1 aromatic heterocycles. The monoisotopic (exact) mass is 263 g/mol. The highest BCUT2D eigenvalue weighted by atomic mass is 19.1. The van der Waals surface area contributed by atoms with E-state index in [2.05, 4.69) is 4.98 Å². The van der Waals surface area contributed by atoms with Gasteiger partial charge in [-0.15, -0.1) is 0 Å². The molecular formula is C15H15F2NO. The summed E-state index contributed by atoms with van der Waals surface area (Å²) < 4.78 is 26.6. The van der Waals surface area contributed by atoms with E-state index in [4.69, 9.17) is 0 Å². The van der Waals surface area contributed by atoms with Crippen molar-refractivity contribution in [2.45, 2.75) is 25.9 Å². The zero-order valence-electron chi connectivity index (χ0n) is 10.6. The van der Waals surface area contributed by atoms with Crippen molar-refractivity contribution in [3.8, 4) is 0 Å². The van der Waals surface area contributed by atoms with Crippen LogP contribution in [0.4, 0.5) is 8.78 Å². The van der Waals surface area contributed by atoms with Gasteiger partial charge >= 0.3 is 0 Å². The van der Waals surface area contributed by atoms with Crippen LogP contribution in [0.3, 0.4) is 0 Å². The van der Waals surface area contributed by atoms with Gasteiger partial charge in [-0.1, -0.05) is 13.0 Å². The Morgan fingerprint density at radius 3 is 2.74 bits per heavy atom. The quantitative estimate of drug-likeness (QED) is 0.919. The van der Waals surface area contributed by atoms with Crippen molar-refractivity contribution in [3.63, 3.8) is 0 Å². The van der Waals surface area contributed by atoms with Gasteiger partial charge in [-0.2, -0.15) is 0 Å². The van der Waals surface area contributed by atoms with Gasteiger partial charge in [0.2, 0.25) is 0 Å². The number of aryl methyl sites for hydroxylation is 1. The SMILES string of the molecule is CCc1cccnc1C(O)Cc1cc(F)ccc1F. The first-order valence-corrected chi connectivity index (χ1v) is 6.17. The Bertz CT molecular complexity index is 572. The largest absolute Gasteiger partial charge is 0.386 e. The molecule has 100 valence electrons. The van der Waals surface area contributed by atoms with Gasteiger partial charge in [-0.25, -0.2) is 8.78 Å². The lowest BCUT2D eigenvalue weighted by molar-refractivity contribution is 0.171. The van der Waals surface area contributed by atoms with Crippen molar-refractivity contribution in [3.05, 3.63) is 65.0 Å². The summed E-state index contributed by atoms with van der Waals surface area (Å²) in [5, 5.41) is 10.1.